The molecule has 0 radical (unpaired) electrons. The molecule has 2 aromatic heterocycles. The molecule has 26 heavy (non-hydrogen) atoms. The second-order valence-electron chi connectivity index (χ2n) is 6.81. The van der Waals surface area contributed by atoms with Crippen LogP contribution < -0.4 is 4.90 Å². The third-order valence-electron chi connectivity index (χ3n) is 5.10. The number of pyridine rings is 1. The van der Waals surface area contributed by atoms with Crippen LogP contribution in [0.5, 0.6) is 0 Å². The largest absolute Gasteiger partial charge is 0.339 e. The van der Waals surface area contributed by atoms with E-state index in [1.54, 1.807) is 12.3 Å². The minimum Gasteiger partial charge on any atom is -0.339 e. The van der Waals surface area contributed by atoms with E-state index in [4.69, 9.17) is 0 Å². The Labute approximate surface area is 151 Å². The number of piperazine rings is 1. The van der Waals surface area contributed by atoms with Crippen molar-refractivity contribution >= 4 is 26.7 Å². The van der Waals surface area contributed by atoms with Gasteiger partial charge in [-0.25, -0.2) is 18.2 Å². The number of aromatic nitrogens is 2. The van der Waals surface area contributed by atoms with Crippen molar-refractivity contribution in [2.45, 2.75) is 25.0 Å². The van der Waals surface area contributed by atoms with E-state index >= 15 is 0 Å². The molecule has 3 aliphatic rings. The normalized spacial score (nSPS) is 22.7. The molecule has 3 aromatic rings. The van der Waals surface area contributed by atoms with Crippen molar-refractivity contribution in [3.05, 3.63) is 53.6 Å². The molecule has 1 aromatic carbocycles. The maximum atomic E-state index is 13.9. The van der Waals surface area contributed by atoms with Crippen molar-refractivity contribution in [3.8, 4) is 0 Å². The summed E-state index contributed by atoms with van der Waals surface area (Å²) in [5.74, 6) is -1.50. The predicted molar refractivity (Wildman–Crippen MR) is 93.7 cm³/mol. The summed E-state index contributed by atoms with van der Waals surface area (Å²) in [6, 6.07) is 5.72. The van der Waals surface area contributed by atoms with Gasteiger partial charge in [-0.15, -0.1) is 0 Å². The van der Waals surface area contributed by atoms with Gasteiger partial charge in [-0.05, 0) is 24.6 Å². The number of thiazole rings is 1. The van der Waals surface area contributed by atoms with Crippen LogP contribution in [0.1, 0.15) is 12.1 Å². The van der Waals surface area contributed by atoms with Gasteiger partial charge in [0.2, 0.25) is 0 Å². The van der Waals surface area contributed by atoms with Gasteiger partial charge in [-0.1, -0.05) is 11.3 Å². The fourth-order valence-corrected chi connectivity index (χ4v) is 5.09. The molecule has 0 aliphatic carbocycles. The first-order chi connectivity index (χ1) is 12.6. The molecule has 2 bridgehead atoms. The Morgan fingerprint density at radius 1 is 1.12 bits per heavy atom. The lowest BCUT2D eigenvalue weighted by Gasteiger charge is -2.56. The minimum atomic E-state index is -0.625. The summed E-state index contributed by atoms with van der Waals surface area (Å²) < 4.78 is 41.7. The third kappa shape index (κ3) is 2.55. The zero-order valence-corrected chi connectivity index (χ0v) is 14.5. The molecule has 5 heterocycles. The van der Waals surface area contributed by atoms with Gasteiger partial charge in [-0.2, -0.15) is 0 Å². The van der Waals surface area contributed by atoms with E-state index < -0.39 is 11.6 Å². The molecule has 3 saturated heterocycles. The number of nitrogens with zero attached hydrogens (tertiary/aromatic N) is 4. The van der Waals surface area contributed by atoms with Crippen molar-refractivity contribution in [1.29, 1.82) is 0 Å². The van der Waals surface area contributed by atoms with E-state index in [1.807, 2.05) is 0 Å². The van der Waals surface area contributed by atoms with Crippen LogP contribution in [0.2, 0.25) is 0 Å². The van der Waals surface area contributed by atoms with Gasteiger partial charge in [0.05, 0.1) is 10.4 Å². The summed E-state index contributed by atoms with van der Waals surface area (Å²) in [6.07, 6.45) is 2.64. The van der Waals surface area contributed by atoms with Crippen molar-refractivity contribution in [2.75, 3.05) is 18.0 Å². The quantitative estimate of drug-likeness (QED) is 0.700. The van der Waals surface area contributed by atoms with Crippen LogP contribution in [-0.4, -0.2) is 40.0 Å². The molecule has 8 heteroatoms. The molecule has 3 fully saturated rings. The van der Waals surface area contributed by atoms with Gasteiger partial charge < -0.3 is 4.90 Å². The van der Waals surface area contributed by atoms with Gasteiger partial charge in [0.25, 0.3) is 0 Å². The molecule has 3 aliphatic heterocycles. The Bertz CT molecular complexity index is 980. The summed E-state index contributed by atoms with van der Waals surface area (Å²) in [5.41, 5.74) is 0.682. The molecule has 0 N–H and O–H groups in total. The number of hydrogen-bond acceptors (Lipinski definition) is 5. The first-order valence-corrected chi connectivity index (χ1v) is 9.26. The van der Waals surface area contributed by atoms with E-state index in [0.717, 1.165) is 30.7 Å². The van der Waals surface area contributed by atoms with Crippen LogP contribution >= 0.6 is 11.3 Å². The number of rotatable bonds is 3. The van der Waals surface area contributed by atoms with Gasteiger partial charge >= 0.3 is 0 Å². The highest BCUT2D eigenvalue weighted by molar-refractivity contribution is 7.22. The predicted octanol–water partition coefficient (Wildman–Crippen LogP) is 3.57. The lowest BCUT2D eigenvalue weighted by atomic mass is 9.88. The molecule has 0 spiro atoms. The van der Waals surface area contributed by atoms with Crippen LogP contribution in [-0.2, 0) is 6.54 Å². The first-order valence-electron chi connectivity index (χ1n) is 8.44. The summed E-state index contributed by atoms with van der Waals surface area (Å²) in [5, 5.41) is 0.731. The van der Waals surface area contributed by atoms with Gasteiger partial charge in [0, 0.05) is 44.0 Å². The molecular weight excluding hydrogens is 361 g/mol. The summed E-state index contributed by atoms with van der Waals surface area (Å²) in [4.78, 5) is 12.9. The fraction of sp³-hybridized carbons (Fsp3) is 0.333. The van der Waals surface area contributed by atoms with Crippen LogP contribution in [0.4, 0.5) is 18.3 Å². The van der Waals surface area contributed by atoms with Gasteiger partial charge in [-0.3, -0.25) is 9.88 Å². The average Bonchev–Trinajstić information content (AvgIpc) is 3.00. The number of halogens is 3. The molecule has 134 valence electrons. The van der Waals surface area contributed by atoms with Crippen LogP contribution in [0.3, 0.4) is 0 Å². The maximum absolute atomic E-state index is 13.9. The van der Waals surface area contributed by atoms with Crippen molar-refractivity contribution < 1.29 is 13.2 Å². The van der Waals surface area contributed by atoms with E-state index in [0.29, 0.717) is 16.9 Å². The highest BCUT2D eigenvalue weighted by Gasteiger charge is 2.46. The van der Waals surface area contributed by atoms with Gasteiger partial charge in [0.1, 0.15) is 17.2 Å². The lowest BCUT2D eigenvalue weighted by molar-refractivity contribution is 0.106. The van der Waals surface area contributed by atoms with Crippen LogP contribution in [0.25, 0.3) is 10.2 Å². The maximum Gasteiger partial charge on any atom is 0.187 e. The Kier molecular flexibility index (Phi) is 3.65. The van der Waals surface area contributed by atoms with Gasteiger partial charge in [0.15, 0.2) is 10.9 Å². The number of benzene rings is 1. The minimum absolute atomic E-state index is 0.226. The molecular formula is C18H15F3N4S. The number of anilines is 1. The van der Waals surface area contributed by atoms with Crippen LogP contribution in [0, 0.1) is 17.5 Å². The summed E-state index contributed by atoms with van der Waals surface area (Å²) >= 11 is 1.32. The smallest absolute Gasteiger partial charge is 0.187 e. The Morgan fingerprint density at radius 2 is 1.92 bits per heavy atom. The Morgan fingerprint density at radius 3 is 2.69 bits per heavy atom. The molecule has 2 unspecified atom stereocenters. The Hall–Kier alpha value is -2.19. The van der Waals surface area contributed by atoms with E-state index in [-0.39, 0.29) is 23.4 Å². The second-order valence-corrected chi connectivity index (χ2v) is 7.82. The molecule has 0 amide bonds. The molecule has 4 nitrogen and oxygen atoms in total. The Balaban J connectivity index is 1.35. The summed E-state index contributed by atoms with van der Waals surface area (Å²) in [7, 11) is 0. The highest BCUT2D eigenvalue weighted by atomic mass is 32.1. The number of piperidine rings is 1. The monoisotopic (exact) mass is 376 g/mol. The average molecular weight is 376 g/mol. The number of hydrogen-bond donors (Lipinski definition) is 0. The van der Waals surface area contributed by atoms with Crippen molar-refractivity contribution in [1.82, 2.24) is 14.9 Å². The van der Waals surface area contributed by atoms with Crippen molar-refractivity contribution in [2.24, 2.45) is 0 Å². The first kappa shape index (κ1) is 16.0. The van der Waals surface area contributed by atoms with Crippen LogP contribution in [0.15, 0.2) is 30.5 Å². The highest BCUT2D eigenvalue weighted by Crippen LogP contribution is 2.41. The standard InChI is InChI=1S/C18H15F3N4S/c19-10-4-14(21)17-16(5-10)26-18(23-17)25-11-6-12(25)8-24(7-11)9-15-13(20)2-1-3-22-15/h1-5,11-12H,6-9H2. The zero-order valence-electron chi connectivity index (χ0n) is 13.7. The zero-order chi connectivity index (χ0) is 17.8. The fourth-order valence-electron chi connectivity index (χ4n) is 3.94. The third-order valence-corrected chi connectivity index (χ3v) is 6.12. The SMILES string of the molecule is Fc1cc(F)c2nc(N3C4CC3CN(Cc3ncccc3F)C4)sc2c1. The molecule has 2 atom stereocenters. The number of fused-ring (bicyclic) bond motifs is 3. The molecule has 0 saturated carbocycles. The van der Waals surface area contributed by atoms with Crippen molar-refractivity contribution in [3.63, 3.8) is 0 Å². The lowest BCUT2D eigenvalue weighted by Crippen LogP contribution is -2.68. The molecule has 6 rings (SSSR count). The van der Waals surface area contributed by atoms with E-state index in [9.17, 15) is 13.2 Å². The topological polar surface area (TPSA) is 32.3 Å². The van der Waals surface area contributed by atoms with E-state index in [2.05, 4.69) is 19.8 Å². The summed E-state index contributed by atoms with van der Waals surface area (Å²) in [6.45, 7) is 2.03. The second kappa shape index (κ2) is 5.92. The van der Waals surface area contributed by atoms with E-state index in [1.165, 1.54) is 23.5 Å².